The predicted molar refractivity (Wildman–Crippen MR) is 97.5 cm³/mol. The molecule has 0 saturated carbocycles. The molecule has 0 fully saturated rings. The van der Waals surface area contributed by atoms with Crippen molar-refractivity contribution in [1.29, 1.82) is 0 Å². The highest BCUT2D eigenvalue weighted by atomic mass is 79.9. The van der Waals surface area contributed by atoms with Gasteiger partial charge in [0, 0.05) is 0 Å². The minimum Gasteiger partial charge on any atom is -0.507 e. The van der Waals surface area contributed by atoms with Crippen LogP contribution in [-0.2, 0) is 11.2 Å². The molecule has 4 rings (SSSR count). The largest absolute Gasteiger partial charge is 0.507 e. The van der Waals surface area contributed by atoms with Crippen molar-refractivity contribution in [3.8, 4) is 5.75 Å². The maximum absolute atomic E-state index is 12.6. The Labute approximate surface area is 149 Å². The SMILES string of the molecule is CC1C(=O)NC(c2ccc(O)c(Br)c2)C2=C1c1ccccc1CC2. The number of hydrogen-bond acceptors (Lipinski definition) is 2. The van der Waals surface area contributed by atoms with Gasteiger partial charge in [-0.2, -0.15) is 0 Å². The molecular formula is C20H18BrNO2. The quantitative estimate of drug-likeness (QED) is 0.768. The van der Waals surface area contributed by atoms with Gasteiger partial charge in [0.2, 0.25) is 5.91 Å². The van der Waals surface area contributed by atoms with Crippen LogP contribution < -0.4 is 5.32 Å². The Morgan fingerprint density at radius 3 is 2.75 bits per heavy atom. The van der Waals surface area contributed by atoms with Crippen LogP contribution in [-0.4, -0.2) is 11.0 Å². The lowest BCUT2D eigenvalue weighted by molar-refractivity contribution is -0.123. The summed E-state index contributed by atoms with van der Waals surface area (Å²) in [6, 6.07) is 13.7. The third kappa shape index (κ3) is 2.37. The van der Waals surface area contributed by atoms with Crippen molar-refractivity contribution in [3.05, 3.63) is 69.2 Å². The molecule has 2 unspecified atom stereocenters. The molecule has 0 spiro atoms. The van der Waals surface area contributed by atoms with Crippen molar-refractivity contribution in [2.75, 3.05) is 0 Å². The normalized spacial score (nSPS) is 22.7. The Balaban J connectivity index is 1.89. The number of amides is 1. The molecule has 1 aliphatic heterocycles. The molecule has 0 radical (unpaired) electrons. The highest BCUT2D eigenvalue weighted by Crippen LogP contribution is 2.45. The van der Waals surface area contributed by atoms with E-state index in [0.29, 0.717) is 4.47 Å². The van der Waals surface area contributed by atoms with Gasteiger partial charge in [-0.15, -0.1) is 0 Å². The van der Waals surface area contributed by atoms with Crippen LogP contribution in [0.15, 0.2) is 52.5 Å². The van der Waals surface area contributed by atoms with E-state index in [1.54, 1.807) is 6.07 Å². The molecule has 0 bridgehead atoms. The Bertz CT molecular complexity index is 872. The van der Waals surface area contributed by atoms with Crippen molar-refractivity contribution in [3.63, 3.8) is 0 Å². The number of fused-ring (bicyclic) bond motifs is 2. The second-order valence-corrected chi connectivity index (χ2v) is 7.32. The van der Waals surface area contributed by atoms with Crippen LogP contribution in [0.1, 0.15) is 36.1 Å². The number of carbonyl (C=O) groups excluding carboxylic acids is 1. The lowest BCUT2D eigenvalue weighted by atomic mass is 9.74. The van der Waals surface area contributed by atoms with Crippen LogP contribution in [0.25, 0.3) is 5.57 Å². The van der Waals surface area contributed by atoms with Crippen LogP contribution in [0.4, 0.5) is 0 Å². The Morgan fingerprint density at radius 1 is 1.17 bits per heavy atom. The van der Waals surface area contributed by atoms with Crippen LogP contribution in [0.2, 0.25) is 0 Å². The zero-order chi connectivity index (χ0) is 16.8. The predicted octanol–water partition coefficient (Wildman–Crippen LogP) is 4.36. The maximum atomic E-state index is 12.6. The molecule has 4 heteroatoms. The van der Waals surface area contributed by atoms with Gasteiger partial charge in [-0.3, -0.25) is 4.79 Å². The van der Waals surface area contributed by atoms with Crippen molar-refractivity contribution in [2.24, 2.45) is 5.92 Å². The van der Waals surface area contributed by atoms with Crippen molar-refractivity contribution in [1.82, 2.24) is 5.32 Å². The first kappa shape index (κ1) is 15.5. The summed E-state index contributed by atoms with van der Waals surface area (Å²) in [6.45, 7) is 1.98. The summed E-state index contributed by atoms with van der Waals surface area (Å²) in [5.41, 5.74) is 5.99. The van der Waals surface area contributed by atoms with E-state index in [1.807, 2.05) is 25.1 Å². The average Bonchev–Trinajstić information content (AvgIpc) is 2.60. The van der Waals surface area contributed by atoms with Gasteiger partial charge in [-0.1, -0.05) is 30.3 Å². The molecular weight excluding hydrogens is 366 g/mol. The summed E-state index contributed by atoms with van der Waals surface area (Å²) in [5.74, 6) is 0.121. The smallest absolute Gasteiger partial charge is 0.228 e. The van der Waals surface area contributed by atoms with E-state index in [4.69, 9.17) is 0 Å². The summed E-state index contributed by atoms with van der Waals surface area (Å²) in [5, 5.41) is 12.9. The van der Waals surface area contributed by atoms with E-state index in [1.165, 1.54) is 22.3 Å². The molecule has 3 nitrogen and oxygen atoms in total. The van der Waals surface area contributed by atoms with E-state index in [-0.39, 0.29) is 23.6 Å². The number of benzene rings is 2. The minimum absolute atomic E-state index is 0.0552. The number of rotatable bonds is 1. The molecule has 1 heterocycles. The molecule has 1 aliphatic carbocycles. The molecule has 2 N–H and O–H groups in total. The van der Waals surface area contributed by atoms with Crippen LogP contribution in [0.3, 0.4) is 0 Å². The number of halogens is 1. The molecule has 122 valence electrons. The molecule has 2 atom stereocenters. The van der Waals surface area contributed by atoms with E-state index < -0.39 is 0 Å². The lowest BCUT2D eigenvalue weighted by Crippen LogP contribution is -2.40. The number of phenolic OH excluding ortho intramolecular Hbond substituents is 1. The van der Waals surface area contributed by atoms with Crippen LogP contribution in [0, 0.1) is 5.92 Å². The lowest BCUT2D eigenvalue weighted by Gasteiger charge is -2.37. The van der Waals surface area contributed by atoms with Gasteiger partial charge in [-0.05, 0) is 75.7 Å². The highest BCUT2D eigenvalue weighted by molar-refractivity contribution is 9.10. The number of hydrogen-bond donors (Lipinski definition) is 2. The van der Waals surface area contributed by atoms with Crippen molar-refractivity contribution in [2.45, 2.75) is 25.8 Å². The molecule has 2 aliphatic rings. The van der Waals surface area contributed by atoms with Crippen LogP contribution in [0.5, 0.6) is 5.75 Å². The third-order valence-corrected chi connectivity index (χ3v) is 5.72. The topological polar surface area (TPSA) is 49.3 Å². The minimum atomic E-state index is -0.141. The number of carbonyl (C=O) groups is 1. The van der Waals surface area contributed by atoms with E-state index >= 15 is 0 Å². The van der Waals surface area contributed by atoms with Crippen LogP contribution >= 0.6 is 15.9 Å². The molecule has 24 heavy (non-hydrogen) atoms. The van der Waals surface area contributed by atoms with Gasteiger partial charge in [0.15, 0.2) is 0 Å². The van der Waals surface area contributed by atoms with E-state index in [9.17, 15) is 9.90 Å². The number of aryl methyl sites for hydroxylation is 1. The van der Waals surface area contributed by atoms with E-state index in [0.717, 1.165) is 18.4 Å². The van der Waals surface area contributed by atoms with Gasteiger partial charge < -0.3 is 10.4 Å². The molecule has 0 aromatic heterocycles. The fourth-order valence-electron chi connectivity index (χ4n) is 3.86. The van der Waals surface area contributed by atoms with E-state index in [2.05, 4.69) is 39.4 Å². The third-order valence-electron chi connectivity index (χ3n) is 5.08. The maximum Gasteiger partial charge on any atom is 0.228 e. The Hall–Kier alpha value is -2.07. The first-order valence-corrected chi connectivity index (χ1v) is 8.95. The second-order valence-electron chi connectivity index (χ2n) is 6.47. The van der Waals surface area contributed by atoms with Gasteiger partial charge in [0.1, 0.15) is 5.75 Å². The Morgan fingerprint density at radius 2 is 1.96 bits per heavy atom. The Kier molecular flexibility index (Phi) is 3.72. The van der Waals surface area contributed by atoms with Crippen molar-refractivity contribution >= 4 is 27.4 Å². The van der Waals surface area contributed by atoms with Gasteiger partial charge in [0.05, 0.1) is 16.4 Å². The standard InChI is InChI=1S/C20H18BrNO2/c1-11-18-14-5-3-2-4-12(14)6-8-15(18)19(22-20(11)24)13-7-9-17(23)16(21)10-13/h2-5,7,9-11,19,23H,6,8H2,1H3,(H,22,24). The molecule has 2 aromatic rings. The first-order valence-electron chi connectivity index (χ1n) is 8.16. The van der Waals surface area contributed by atoms with Gasteiger partial charge in [-0.25, -0.2) is 0 Å². The van der Waals surface area contributed by atoms with Gasteiger partial charge in [0.25, 0.3) is 0 Å². The summed E-state index contributed by atoms with van der Waals surface area (Å²) >= 11 is 3.37. The summed E-state index contributed by atoms with van der Waals surface area (Å²) in [6.07, 6.45) is 1.94. The van der Waals surface area contributed by atoms with Crippen molar-refractivity contribution < 1.29 is 9.90 Å². The summed E-state index contributed by atoms with van der Waals surface area (Å²) in [7, 11) is 0. The highest BCUT2D eigenvalue weighted by Gasteiger charge is 2.36. The number of nitrogens with one attached hydrogen (secondary N) is 1. The molecule has 0 saturated heterocycles. The summed E-state index contributed by atoms with van der Waals surface area (Å²) < 4.78 is 0.645. The monoisotopic (exact) mass is 383 g/mol. The average molecular weight is 384 g/mol. The first-order chi connectivity index (χ1) is 11.6. The zero-order valence-electron chi connectivity index (χ0n) is 13.3. The van der Waals surface area contributed by atoms with Gasteiger partial charge >= 0.3 is 0 Å². The molecule has 2 aromatic carbocycles. The zero-order valence-corrected chi connectivity index (χ0v) is 14.9. The fraction of sp³-hybridized carbons (Fsp3) is 0.250. The molecule has 1 amide bonds. The number of phenols is 1. The fourth-order valence-corrected chi connectivity index (χ4v) is 4.26. The summed E-state index contributed by atoms with van der Waals surface area (Å²) in [4.78, 5) is 12.6. The second kappa shape index (κ2) is 5.78. The number of aromatic hydroxyl groups is 1.